The number of fused-ring (bicyclic) bond motifs is 1. The molecule has 3 atom stereocenters. The molecule has 1 saturated heterocycles. The molecule has 3 heteroatoms. The fraction of sp³-hybridized carbons (Fsp3) is 0.500. The van der Waals surface area contributed by atoms with Crippen LogP contribution in [0.1, 0.15) is 54.8 Å². The first kappa shape index (κ1) is 18.5. The van der Waals surface area contributed by atoms with E-state index >= 15 is 0 Å². The van der Waals surface area contributed by atoms with Crippen molar-refractivity contribution in [2.75, 3.05) is 13.7 Å². The lowest BCUT2D eigenvalue weighted by Gasteiger charge is -2.53. The number of ether oxygens (including phenoxy) is 1. The van der Waals surface area contributed by atoms with E-state index in [4.69, 9.17) is 4.74 Å². The second kappa shape index (κ2) is 7.65. The summed E-state index contributed by atoms with van der Waals surface area (Å²) in [5, 5.41) is 11.4. The number of likely N-dealkylation sites (tertiary alicyclic amines) is 1. The zero-order chi connectivity index (χ0) is 18.9. The topological polar surface area (TPSA) is 32.7 Å². The van der Waals surface area contributed by atoms with Crippen molar-refractivity contribution in [1.82, 2.24) is 4.90 Å². The molecule has 4 rings (SSSR count). The van der Waals surface area contributed by atoms with E-state index in [-0.39, 0.29) is 12.0 Å². The lowest BCUT2D eigenvalue weighted by Crippen LogP contribution is -2.54. The van der Waals surface area contributed by atoms with E-state index in [9.17, 15) is 5.11 Å². The minimum atomic E-state index is -0.534. The van der Waals surface area contributed by atoms with Crippen LogP contribution >= 0.6 is 0 Å². The van der Waals surface area contributed by atoms with Crippen LogP contribution in [-0.4, -0.2) is 29.3 Å². The van der Waals surface area contributed by atoms with Crippen molar-refractivity contribution in [3.05, 3.63) is 65.2 Å². The molecule has 144 valence electrons. The molecule has 1 aliphatic carbocycles. The van der Waals surface area contributed by atoms with Gasteiger partial charge in [0.1, 0.15) is 5.75 Å². The fourth-order valence-corrected chi connectivity index (χ4v) is 5.17. The highest BCUT2D eigenvalue weighted by Crippen LogP contribution is 2.51. The predicted molar refractivity (Wildman–Crippen MR) is 109 cm³/mol. The van der Waals surface area contributed by atoms with Gasteiger partial charge in [-0.1, -0.05) is 60.9 Å². The smallest absolute Gasteiger partial charge is 0.123 e. The molecule has 0 spiro atoms. The van der Waals surface area contributed by atoms with E-state index in [0.29, 0.717) is 0 Å². The van der Waals surface area contributed by atoms with Crippen LogP contribution in [-0.2, 0) is 6.54 Å². The van der Waals surface area contributed by atoms with E-state index in [1.807, 2.05) is 6.07 Å². The molecule has 2 aromatic rings. The summed E-state index contributed by atoms with van der Waals surface area (Å²) >= 11 is 0. The normalized spacial score (nSPS) is 28.6. The van der Waals surface area contributed by atoms with E-state index in [0.717, 1.165) is 44.5 Å². The molecule has 0 radical (unpaired) electrons. The van der Waals surface area contributed by atoms with Gasteiger partial charge in [0.25, 0.3) is 0 Å². The van der Waals surface area contributed by atoms with Crippen LogP contribution in [0, 0.1) is 12.8 Å². The van der Waals surface area contributed by atoms with Crippen molar-refractivity contribution in [2.45, 2.75) is 57.2 Å². The molecular formula is C24H31NO2. The Kier molecular flexibility index (Phi) is 5.25. The van der Waals surface area contributed by atoms with Gasteiger partial charge in [0, 0.05) is 30.6 Å². The Morgan fingerprint density at radius 2 is 1.85 bits per heavy atom. The van der Waals surface area contributed by atoms with Crippen molar-refractivity contribution in [2.24, 2.45) is 5.92 Å². The zero-order valence-corrected chi connectivity index (χ0v) is 16.5. The number of aryl methyl sites for hydroxylation is 1. The van der Waals surface area contributed by atoms with Crippen LogP contribution in [0.5, 0.6) is 5.75 Å². The molecule has 2 aromatic carbocycles. The van der Waals surface area contributed by atoms with Crippen LogP contribution in [0.4, 0.5) is 0 Å². The fourth-order valence-electron chi connectivity index (χ4n) is 5.17. The molecule has 27 heavy (non-hydrogen) atoms. The van der Waals surface area contributed by atoms with Gasteiger partial charge in [0.05, 0.1) is 12.7 Å². The predicted octanol–water partition coefficient (Wildman–Crippen LogP) is 4.87. The quantitative estimate of drug-likeness (QED) is 0.839. The van der Waals surface area contributed by atoms with Gasteiger partial charge in [-0.25, -0.2) is 0 Å². The number of hydrogen-bond donors (Lipinski definition) is 1. The number of benzene rings is 2. The lowest BCUT2D eigenvalue weighted by atomic mass is 9.66. The number of para-hydroxylation sites is 1. The maximum Gasteiger partial charge on any atom is 0.123 e. The molecule has 0 aromatic heterocycles. The second-order valence-electron chi connectivity index (χ2n) is 8.35. The van der Waals surface area contributed by atoms with Crippen LogP contribution in [0.2, 0.25) is 0 Å². The SMILES string of the molecule is COc1ccccc1[C@H]1[C@H]2CCCC[C@@]2(O)CCN1Cc1ccc(C)cc1. The number of rotatable bonds is 4. The minimum Gasteiger partial charge on any atom is -0.496 e. The van der Waals surface area contributed by atoms with Gasteiger partial charge in [-0.15, -0.1) is 0 Å². The molecule has 1 heterocycles. The zero-order valence-electron chi connectivity index (χ0n) is 16.5. The Morgan fingerprint density at radius 1 is 1.07 bits per heavy atom. The van der Waals surface area contributed by atoms with Gasteiger partial charge in [-0.2, -0.15) is 0 Å². The standard InChI is InChI=1S/C24H31NO2/c1-18-10-12-19(13-11-18)17-25-16-15-24(26)14-6-5-8-21(24)23(25)20-7-3-4-9-22(20)27-2/h3-4,7,9-13,21,23,26H,5-6,8,14-17H2,1-2H3/t21-,23+,24-/m1/s1. The molecule has 3 nitrogen and oxygen atoms in total. The highest BCUT2D eigenvalue weighted by atomic mass is 16.5. The Hall–Kier alpha value is -1.84. The second-order valence-corrected chi connectivity index (χ2v) is 8.35. The summed E-state index contributed by atoms with van der Waals surface area (Å²) in [7, 11) is 1.75. The summed E-state index contributed by atoms with van der Waals surface area (Å²) in [6.45, 7) is 3.96. The molecule has 1 saturated carbocycles. The van der Waals surface area contributed by atoms with Gasteiger partial charge < -0.3 is 9.84 Å². The molecule has 2 fully saturated rings. The van der Waals surface area contributed by atoms with Crippen molar-refractivity contribution in [1.29, 1.82) is 0 Å². The highest BCUT2D eigenvalue weighted by Gasteiger charge is 2.49. The third-order valence-electron chi connectivity index (χ3n) is 6.64. The first-order valence-corrected chi connectivity index (χ1v) is 10.3. The van der Waals surface area contributed by atoms with Gasteiger partial charge in [0.2, 0.25) is 0 Å². The number of methoxy groups -OCH3 is 1. The summed E-state index contributed by atoms with van der Waals surface area (Å²) in [5.74, 6) is 1.20. The summed E-state index contributed by atoms with van der Waals surface area (Å²) in [6, 6.07) is 17.4. The minimum absolute atomic E-state index is 0.196. The Balaban J connectivity index is 1.71. The molecule has 2 aliphatic rings. The van der Waals surface area contributed by atoms with E-state index in [1.54, 1.807) is 7.11 Å². The number of hydrogen-bond acceptors (Lipinski definition) is 3. The third-order valence-corrected chi connectivity index (χ3v) is 6.64. The van der Waals surface area contributed by atoms with E-state index < -0.39 is 5.60 Å². The molecule has 0 unspecified atom stereocenters. The van der Waals surface area contributed by atoms with Gasteiger partial charge >= 0.3 is 0 Å². The third kappa shape index (κ3) is 3.63. The summed E-state index contributed by atoms with van der Waals surface area (Å²) in [6.07, 6.45) is 5.24. The highest BCUT2D eigenvalue weighted by molar-refractivity contribution is 5.37. The van der Waals surface area contributed by atoms with Crippen LogP contribution in [0.3, 0.4) is 0 Å². The number of piperidine rings is 1. The Labute approximate surface area is 163 Å². The van der Waals surface area contributed by atoms with Crippen molar-refractivity contribution < 1.29 is 9.84 Å². The van der Waals surface area contributed by atoms with Crippen molar-refractivity contribution in [3.63, 3.8) is 0 Å². The largest absolute Gasteiger partial charge is 0.496 e. The Bertz CT molecular complexity index is 772. The summed E-state index contributed by atoms with van der Waals surface area (Å²) in [5.41, 5.74) is 3.31. The maximum atomic E-state index is 11.4. The Morgan fingerprint density at radius 3 is 2.63 bits per heavy atom. The first-order valence-electron chi connectivity index (χ1n) is 10.3. The monoisotopic (exact) mass is 365 g/mol. The van der Waals surface area contributed by atoms with Crippen LogP contribution in [0.15, 0.2) is 48.5 Å². The molecule has 1 N–H and O–H groups in total. The summed E-state index contributed by atoms with van der Waals surface area (Å²) < 4.78 is 5.72. The molecule has 0 amide bonds. The summed E-state index contributed by atoms with van der Waals surface area (Å²) in [4.78, 5) is 2.56. The number of nitrogens with zero attached hydrogens (tertiary/aromatic N) is 1. The van der Waals surface area contributed by atoms with Gasteiger partial charge in [-0.05, 0) is 37.8 Å². The van der Waals surface area contributed by atoms with Crippen molar-refractivity contribution >= 4 is 0 Å². The van der Waals surface area contributed by atoms with Crippen LogP contribution < -0.4 is 4.74 Å². The average Bonchev–Trinajstić information content (AvgIpc) is 2.69. The molecule has 0 bridgehead atoms. The number of aliphatic hydroxyl groups is 1. The van der Waals surface area contributed by atoms with Crippen molar-refractivity contribution in [3.8, 4) is 5.75 Å². The average molecular weight is 366 g/mol. The van der Waals surface area contributed by atoms with Gasteiger partial charge in [-0.3, -0.25) is 4.90 Å². The van der Waals surface area contributed by atoms with Crippen LogP contribution in [0.25, 0.3) is 0 Å². The van der Waals surface area contributed by atoms with E-state index in [2.05, 4.69) is 54.3 Å². The van der Waals surface area contributed by atoms with E-state index in [1.165, 1.54) is 23.1 Å². The maximum absolute atomic E-state index is 11.4. The first-order chi connectivity index (χ1) is 13.1. The van der Waals surface area contributed by atoms with Gasteiger partial charge in [0.15, 0.2) is 0 Å². The lowest BCUT2D eigenvalue weighted by molar-refractivity contribution is -0.126. The molecular weight excluding hydrogens is 334 g/mol. The molecule has 1 aliphatic heterocycles.